The zero-order chi connectivity index (χ0) is 15.7. The summed E-state index contributed by atoms with van der Waals surface area (Å²) in [6.45, 7) is 11.7. The fraction of sp³-hybridized carbons (Fsp3) is 0.786. The second kappa shape index (κ2) is 9.33. The van der Waals surface area contributed by atoms with Gasteiger partial charge in [0.05, 0.1) is 6.54 Å². The molecule has 1 amide bonds. The van der Waals surface area contributed by atoms with E-state index in [0.29, 0.717) is 37.3 Å². The van der Waals surface area contributed by atoms with Gasteiger partial charge in [-0.15, -0.1) is 5.10 Å². The number of nitrogens with zero attached hydrogens (tertiary/aromatic N) is 3. The molecule has 0 aromatic carbocycles. The summed E-state index contributed by atoms with van der Waals surface area (Å²) < 4.78 is 5.44. The van der Waals surface area contributed by atoms with Crippen molar-refractivity contribution in [2.45, 2.75) is 40.7 Å². The number of anilines is 1. The van der Waals surface area contributed by atoms with Gasteiger partial charge in [0.15, 0.2) is 0 Å². The summed E-state index contributed by atoms with van der Waals surface area (Å²) >= 11 is 0. The number of hydrogen-bond acceptors (Lipinski definition) is 6. The highest BCUT2D eigenvalue weighted by molar-refractivity contribution is 5.76. The molecule has 120 valence electrons. The van der Waals surface area contributed by atoms with E-state index in [4.69, 9.17) is 4.42 Å². The van der Waals surface area contributed by atoms with Gasteiger partial charge in [0.2, 0.25) is 11.8 Å². The lowest BCUT2D eigenvalue weighted by molar-refractivity contribution is -0.130. The van der Waals surface area contributed by atoms with Crippen LogP contribution in [0.25, 0.3) is 0 Å². The van der Waals surface area contributed by atoms with E-state index in [-0.39, 0.29) is 5.91 Å². The molecule has 1 rings (SSSR count). The molecule has 2 N–H and O–H groups in total. The molecule has 0 fully saturated rings. The zero-order valence-corrected chi connectivity index (χ0v) is 13.5. The van der Waals surface area contributed by atoms with E-state index in [1.165, 1.54) is 0 Å². The minimum absolute atomic E-state index is 0.130. The third-order valence-corrected chi connectivity index (χ3v) is 3.03. The Morgan fingerprint density at radius 1 is 1.29 bits per heavy atom. The maximum atomic E-state index is 11.8. The Hall–Kier alpha value is -1.63. The van der Waals surface area contributed by atoms with E-state index in [1.807, 2.05) is 13.8 Å². The standard InChI is InChI=1S/C14H27N5O2/c1-5-19(6-2)13(20)7-8-16-14-18-17-12(21-14)10-15-9-11(3)4/h11,15H,5-10H2,1-4H3,(H,16,18). The number of rotatable bonds is 10. The first-order valence-electron chi connectivity index (χ1n) is 7.61. The average Bonchev–Trinajstić information content (AvgIpc) is 2.87. The predicted octanol–water partition coefficient (Wildman–Crippen LogP) is 1.49. The monoisotopic (exact) mass is 297 g/mol. The lowest BCUT2D eigenvalue weighted by Gasteiger charge is -2.18. The van der Waals surface area contributed by atoms with Crippen molar-refractivity contribution < 1.29 is 9.21 Å². The summed E-state index contributed by atoms with van der Waals surface area (Å²) in [6, 6.07) is 0.365. The predicted molar refractivity (Wildman–Crippen MR) is 81.9 cm³/mol. The van der Waals surface area contributed by atoms with Gasteiger partial charge < -0.3 is 20.0 Å². The van der Waals surface area contributed by atoms with Crippen molar-refractivity contribution in [3.63, 3.8) is 0 Å². The second-order valence-corrected chi connectivity index (χ2v) is 5.27. The number of carbonyl (C=O) groups is 1. The maximum absolute atomic E-state index is 11.8. The van der Waals surface area contributed by atoms with Crippen LogP contribution in [0.1, 0.15) is 40.0 Å². The van der Waals surface area contributed by atoms with E-state index in [0.717, 1.165) is 19.6 Å². The number of amides is 1. The number of aromatic nitrogens is 2. The van der Waals surface area contributed by atoms with Gasteiger partial charge in [0, 0.05) is 26.1 Å². The topological polar surface area (TPSA) is 83.3 Å². The van der Waals surface area contributed by atoms with Crippen LogP contribution in [-0.2, 0) is 11.3 Å². The maximum Gasteiger partial charge on any atom is 0.315 e. The van der Waals surface area contributed by atoms with Crippen molar-refractivity contribution in [2.75, 3.05) is 31.5 Å². The lowest BCUT2D eigenvalue weighted by Crippen LogP contribution is -2.31. The van der Waals surface area contributed by atoms with Crippen LogP contribution in [0, 0.1) is 5.92 Å². The normalized spacial score (nSPS) is 10.9. The molecule has 0 aliphatic carbocycles. The van der Waals surface area contributed by atoms with Crippen LogP contribution >= 0.6 is 0 Å². The van der Waals surface area contributed by atoms with E-state index in [2.05, 4.69) is 34.7 Å². The van der Waals surface area contributed by atoms with Crippen molar-refractivity contribution in [1.29, 1.82) is 0 Å². The Labute approximate surface area is 126 Å². The van der Waals surface area contributed by atoms with Gasteiger partial charge in [0.1, 0.15) is 0 Å². The number of hydrogen-bond donors (Lipinski definition) is 2. The fourth-order valence-corrected chi connectivity index (χ4v) is 1.88. The Morgan fingerprint density at radius 2 is 2.00 bits per heavy atom. The molecule has 1 aromatic rings. The van der Waals surface area contributed by atoms with Crippen molar-refractivity contribution in [1.82, 2.24) is 20.4 Å². The van der Waals surface area contributed by atoms with E-state index in [9.17, 15) is 4.79 Å². The fourth-order valence-electron chi connectivity index (χ4n) is 1.88. The largest absolute Gasteiger partial charge is 0.407 e. The molecule has 1 aromatic heterocycles. The Bertz CT molecular complexity index is 415. The summed E-state index contributed by atoms with van der Waals surface area (Å²) in [5.74, 6) is 1.26. The smallest absolute Gasteiger partial charge is 0.315 e. The average molecular weight is 297 g/mol. The second-order valence-electron chi connectivity index (χ2n) is 5.27. The molecule has 1 heterocycles. The summed E-state index contributed by atoms with van der Waals surface area (Å²) in [4.78, 5) is 13.6. The molecule has 7 heteroatoms. The van der Waals surface area contributed by atoms with Gasteiger partial charge in [-0.05, 0) is 26.3 Å². The lowest BCUT2D eigenvalue weighted by atomic mass is 10.2. The van der Waals surface area contributed by atoms with Crippen LogP contribution in [0.3, 0.4) is 0 Å². The molecule has 0 aliphatic rings. The van der Waals surface area contributed by atoms with Gasteiger partial charge in [-0.2, -0.15) is 0 Å². The van der Waals surface area contributed by atoms with Crippen molar-refractivity contribution in [3.8, 4) is 0 Å². The highest BCUT2D eigenvalue weighted by atomic mass is 16.4. The Balaban J connectivity index is 2.27. The third kappa shape index (κ3) is 6.57. The molecule has 0 radical (unpaired) electrons. The van der Waals surface area contributed by atoms with Gasteiger partial charge in [-0.3, -0.25) is 4.79 Å². The summed E-state index contributed by atoms with van der Waals surface area (Å²) in [5.41, 5.74) is 0. The summed E-state index contributed by atoms with van der Waals surface area (Å²) in [5, 5.41) is 14.1. The quantitative estimate of drug-likeness (QED) is 0.681. The van der Waals surface area contributed by atoms with Crippen molar-refractivity contribution in [3.05, 3.63) is 5.89 Å². The van der Waals surface area contributed by atoms with Crippen LogP contribution in [-0.4, -0.2) is 47.2 Å². The molecule has 0 saturated heterocycles. The van der Waals surface area contributed by atoms with Gasteiger partial charge >= 0.3 is 6.01 Å². The van der Waals surface area contributed by atoms with E-state index in [1.54, 1.807) is 4.90 Å². The van der Waals surface area contributed by atoms with Gasteiger partial charge in [0.25, 0.3) is 0 Å². The molecule has 0 saturated carbocycles. The number of carbonyl (C=O) groups excluding carboxylic acids is 1. The third-order valence-electron chi connectivity index (χ3n) is 3.03. The van der Waals surface area contributed by atoms with Gasteiger partial charge in [-0.25, -0.2) is 0 Å². The molecular formula is C14H27N5O2. The molecule has 0 aliphatic heterocycles. The van der Waals surface area contributed by atoms with Gasteiger partial charge in [-0.1, -0.05) is 18.9 Å². The Kier molecular flexibility index (Phi) is 7.74. The van der Waals surface area contributed by atoms with Crippen molar-refractivity contribution in [2.24, 2.45) is 5.92 Å². The van der Waals surface area contributed by atoms with Crippen molar-refractivity contribution >= 4 is 11.9 Å². The Morgan fingerprint density at radius 3 is 2.62 bits per heavy atom. The van der Waals surface area contributed by atoms with E-state index >= 15 is 0 Å². The zero-order valence-electron chi connectivity index (χ0n) is 13.5. The molecule has 7 nitrogen and oxygen atoms in total. The number of nitrogens with one attached hydrogen (secondary N) is 2. The molecule has 0 bridgehead atoms. The van der Waals surface area contributed by atoms with Crippen LogP contribution in [0.5, 0.6) is 0 Å². The highest BCUT2D eigenvalue weighted by Crippen LogP contribution is 2.05. The molecular weight excluding hydrogens is 270 g/mol. The first kappa shape index (κ1) is 17.4. The van der Waals surface area contributed by atoms with Crippen LogP contribution in [0.4, 0.5) is 6.01 Å². The highest BCUT2D eigenvalue weighted by Gasteiger charge is 2.10. The molecule has 0 spiro atoms. The SMILES string of the molecule is CCN(CC)C(=O)CCNc1nnc(CNCC(C)C)o1. The molecule has 21 heavy (non-hydrogen) atoms. The summed E-state index contributed by atoms with van der Waals surface area (Å²) in [6.07, 6.45) is 0.422. The minimum Gasteiger partial charge on any atom is -0.407 e. The van der Waals surface area contributed by atoms with Crippen LogP contribution < -0.4 is 10.6 Å². The molecule has 0 unspecified atom stereocenters. The first-order chi connectivity index (χ1) is 10.1. The summed E-state index contributed by atoms with van der Waals surface area (Å²) in [7, 11) is 0. The molecule has 0 atom stereocenters. The van der Waals surface area contributed by atoms with Crippen LogP contribution in [0.2, 0.25) is 0 Å². The minimum atomic E-state index is 0.130. The van der Waals surface area contributed by atoms with E-state index < -0.39 is 0 Å². The van der Waals surface area contributed by atoms with Crippen LogP contribution in [0.15, 0.2) is 4.42 Å². The first-order valence-corrected chi connectivity index (χ1v) is 7.61.